The predicted molar refractivity (Wildman–Crippen MR) is 102 cm³/mol. The molecular weight excluding hydrogens is 390 g/mol. The highest BCUT2D eigenvalue weighted by Gasteiger charge is 2.36. The lowest BCUT2D eigenvalue weighted by molar-refractivity contribution is -0.384. The number of carbonyl (C=O) groups is 2. The topological polar surface area (TPSA) is 136 Å². The van der Waals surface area contributed by atoms with Gasteiger partial charge < -0.3 is 15.0 Å². The summed E-state index contributed by atoms with van der Waals surface area (Å²) in [5, 5.41) is 13.7. The minimum Gasteiger partial charge on any atom is -0.449 e. The van der Waals surface area contributed by atoms with Crippen molar-refractivity contribution in [3.05, 3.63) is 33.9 Å². The molecule has 0 unspecified atom stereocenters. The lowest BCUT2D eigenvalue weighted by Gasteiger charge is -2.29. The molecule has 0 radical (unpaired) electrons. The Morgan fingerprint density at radius 1 is 1.43 bits per heavy atom. The summed E-state index contributed by atoms with van der Waals surface area (Å²) in [5.41, 5.74) is -0.0244. The van der Waals surface area contributed by atoms with Crippen LogP contribution in [0.4, 0.5) is 11.4 Å². The molecule has 1 heterocycles. The predicted octanol–water partition coefficient (Wildman–Crippen LogP) is 1.22. The first-order valence-electron chi connectivity index (χ1n) is 8.77. The van der Waals surface area contributed by atoms with Gasteiger partial charge in [-0.1, -0.05) is 0 Å². The highest BCUT2D eigenvalue weighted by molar-refractivity contribution is 7.91. The van der Waals surface area contributed by atoms with Crippen LogP contribution >= 0.6 is 0 Å². The molecule has 0 saturated carbocycles. The zero-order chi connectivity index (χ0) is 21.1. The number of sulfone groups is 1. The van der Waals surface area contributed by atoms with Crippen LogP contribution in [0.15, 0.2) is 18.2 Å². The number of ether oxygens (including phenoxy) is 1. The number of hydrogen-bond acceptors (Lipinski definition) is 8. The van der Waals surface area contributed by atoms with Crippen LogP contribution in [-0.4, -0.2) is 67.4 Å². The smallest absolute Gasteiger partial charge is 0.341 e. The Hall–Kier alpha value is -2.69. The van der Waals surface area contributed by atoms with E-state index in [1.54, 1.807) is 14.0 Å². The van der Waals surface area contributed by atoms with Crippen LogP contribution in [0, 0.1) is 10.1 Å². The Bertz CT molecular complexity index is 885. The van der Waals surface area contributed by atoms with E-state index in [2.05, 4.69) is 5.32 Å². The molecule has 1 amide bonds. The normalized spacial score (nSPS) is 18.9. The molecule has 28 heavy (non-hydrogen) atoms. The summed E-state index contributed by atoms with van der Waals surface area (Å²) in [4.78, 5) is 36.9. The van der Waals surface area contributed by atoms with Crippen LogP contribution < -0.4 is 5.32 Å². The van der Waals surface area contributed by atoms with Gasteiger partial charge in [0.15, 0.2) is 15.9 Å². The first-order valence-corrected chi connectivity index (χ1v) is 10.6. The minimum atomic E-state index is -3.17. The van der Waals surface area contributed by atoms with Crippen LogP contribution in [0.2, 0.25) is 0 Å². The monoisotopic (exact) mass is 413 g/mol. The molecule has 2 rings (SSSR count). The Labute approximate surface area is 162 Å². The van der Waals surface area contributed by atoms with Crippen LogP contribution in [0.25, 0.3) is 0 Å². The van der Waals surface area contributed by atoms with Crippen molar-refractivity contribution in [3.63, 3.8) is 0 Å². The lowest BCUT2D eigenvalue weighted by Crippen LogP contribution is -2.46. The summed E-state index contributed by atoms with van der Waals surface area (Å²) in [6, 6.07) is 3.25. The number of nitro groups is 1. The Morgan fingerprint density at radius 2 is 2.11 bits per heavy atom. The minimum absolute atomic E-state index is 0.0226. The fourth-order valence-electron chi connectivity index (χ4n) is 3.16. The first-order chi connectivity index (χ1) is 13.1. The lowest BCUT2D eigenvalue weighted by atomic mass is 10.1. The van der Waals surface area contributed by atoms with Gasteiger partial charge in [-0.25, -0.2) is 13.2 Å². The van der Waals surface area contributed by atoms with Crippen LogP contribution in [0.5, 0.6) is 0 Å². The van der Waals surface area contributed by atoms with E-state index in [4.69, 9.17) is 4.74 Å². The van der Waals surface area contributed by atoms with Crippen molar-refractivity contribution in [2.45, 2.75) is 32.4 Å². The van der Waals surface area contributed by atoms with Gasteiger partial charge in [-0.05, 0) is 26.3 Å². The number of anilines is 1. The summed E-state index contributed by atoms with van der Waals surface area (Å²) >= 11 is 0. The molecule has 0 aromatic heterocycles. The zero-order valence-electron chi connectivity index (χ0n) is 15.9. The van der Waals surface area contributed by atoms with Crippen molar-refractivity contribution >= 4 is 33.1 Å². The van der Waals surface area contributed by atoms with Gasteiger partial charge in [-0.3, -0.25) is 14.9 Å². The third kappa shape index (κ3) is 4.77. The van der Waals surface area contributed by atoms with E-state index in [1.807, 2.05) is 0 Å². The first kappa shape index (κ1) is 21.6. The van der Waals surface area contributed by atoms with Gasteiger partial charge in [-0.2, -0.15) is 0 Å². The highest BCUT2D eigenvalue weighted by Crippen LogP contribution is 2.24. The van der Waals surface area contributed by atoms with Gasteiger partial charge in [-0.15, -0.1) is 0 Å². The van der Waals surface area contributed by atoms with Crippen molar-refractivity contribution in [2.24, 2.45) is 0 Å². The number of benzene rings is 1. The fourth-order valence-corrected chi connectivity index (χ4v) is 4.89. The third-order valence-electron chi connectivity index (χ3n) is 4.61. The zero-order valence-corrected chi connectivity index (χ0v) is 16.7. The molecule has 154 valence electrons. The fraction of sp³-hybridized carbons (Fsp3) is 0.529. The van der Waals surface area contributed by atoms with Gasteiger partial charge in [0, 0.05) is 37.5 Å². The van der Waals surface area contributed by atoms with Crippen LogP contribution in [-0.2, 0) is 19.4 Å². The average molecular weight is 413 g/mol. The number of hydrogen-bond donors (Lipinski definition) is 1. The maximum atomic E-state index is 12.7. The van der Waals surface area contributed by atoms with E-state index in [9.17, 15) is 28.1 Å². The molecule has 1 fully saturated rings. The quantitative estimate of drug-likeness (QED) is 0.400. The molecule has 1 saturated heterocycles. The second-order valence-electron chi connectivity index (χ2n) is 6.47. The van der Waals surface area contributed by atoms with Crippen LogP contribution in [0.3, 0.4) is 0 Å². The highest BCUT2D eigenvalue weighted by atomic mass is 32.2. The van der Waals surface area contributed by atoms with Gasteiger partial charge in [0.2, 0.25) is 0 Å². The number of amides is 1. The number of carbonyl (C=O) groups excluding carboxylic acids is 2. The van der Waals surface area contributed by atoms with E-state index in [1.165, 1.54) is 24.0 Å². The molecule has 1 aromatic rings. The maximum absolute atomic E-state index is 12.7. The standard InChI is InChI=1S/C17H23N3O7S/c1-4-19(13-7-8-28(25,26)10-13)16(21)11(2)27-17(22)14-9-12(20(23)24)5-6-15(14)18-3/h5-6,9,11,13,18H,4,7-8,10H2,1-3H3/t11-,13+/m0/s1. The maximum Gasteiger partial charge on any atom is 0.341 e. The van der Waals surface area contributed by atoms with Crippen molar-refractivity contribution in [1.29, 1.82) is 0 Å². The van der Waals surface area contributed by atoms with Crippen molar-refractivity contribution in [2.75, 3.05) is 30.4 Å². The Balaban J connectivity index is 2.16. The van der Waals surface area contributed by atoms with Gasteiger partial charge in [0.05, 0.1) is 22.0 Å². The van der Waals surface area contributed by atoms with E-state index in [0.717, 1.165) is 6.07 Å². The molecule has 1 aromatic carbocycles. The van der Waals surface area contributed by atoms with Crippen molar-refractivity contribution in [3.8, 4) is 0 Å². The number of nitro benzene ring substituents is 1. The van der Waals surface area contributed by atoms with E-state index in [0.29, 0.717) is 12.1 Å². The number of nitrogens with one attached hydrogen (secondary N) is 1. The average Bonchev–Trinajstić information content (AvgIpc) is 3.00. The number of nitrogens with zero attached hydrogens (tertiary/aromatic N) is 2. The second-order valence-corrected chi connectivity index (χ2v) is 8.69. The molecule has 1 aliphatic rings. The molecule has 0 spiro atoms. The molecule has 1 N–H and O–H groups in total. The molecule has 0 aliphatic carbocycles. The second kappa shape index (κ2) is 8.55. The molecule has 11 heteroatoms. The number of non-ortho nitro benzene ring substituents is 1. The van der Waals surface area contributed by atoms with Crippen LogP contribution in [0.1, 0.15) is 30.6 Å². The van der Waals surface area contributed by atoms with E-state index in [-0.39, 0.29) is 29.3 Å². The van der Waals surface area contributed by atoms with E-state index < -0.39 is 38.8 Å². The third-order valence-corrected chi connectivity index (χ3v) is 6.36. The number of likely N-dealkylation sites (N-methyl/N-ethyl adjacent to an activating group) is 1. The Kier molecular flexibility index (Phi) is 6.60. The van der Waals surface area contributed by atoms with Gasteiger partial charge in [0.1, 0.15) is 0 Å². The summed E-state index contributed by atoms with van der Waals surface area (Å²) < 4.78 is 28.6. The summed E-state index contributed by atoms with van der Waals surface area (Å²) in [6.07, 6.45) is -0.822. The summed E-state index contributed by atoms with van der Waals surface area (Å²) in [5.74, 6) is -1.48. The molecule has 2 atom stereocenters. The summed E-state index contributed by atoms with van der Waals surface area (Å²) in [7, 11) is -1.62. The Morgan fingerprint density at radius 3 is 2.61 bits per heavy atom. The largest absolute Gasteiger partial charge is 0.449 e. The SMILES string of the molecule is CCN(C(=O)[C@H](C)OC(=O)c1cc([N+](=O)[O-])ccc1NC)[C@@H]1CCS(=O)(=O)C1. The van der Waals surface area contributed by atoms with Gasteiger partial charge in [0.25, 0.3) is 11.6 Å². The molecular formula is C17H23N3O7S. The van der Waals surface area contributed by atoms with Crippen molar-refractivity contribution in [1.82, 2.24) is 4.90 Å². The van der Waals surface area contributed by atoms with Crippen molar-refractivity contribution < 1.29 is 27.7 Å². The van der Waals surface area contributed by atoms with Gasteiger partial charge >= 0.3 is 5.97 Å². The molecule has 10 nitrogen and oxygen atoms in total. The molecule has 0 bridgehead atoms. The summed E-state index contributed by atoms with van der Waals surface area (Å²) in [6.45, 7) is 3.39. The molecule has 1 aliphatic heterocycles. The number of esters is 1. The van der Waals surface area contributed by atoms with E-state index >= 15 is 0 Å². The number of rotatable bonds is 7.